The van der Waals surface area contributed by atoms with Crippen molar-refractivity contribution in [3.05, 3.63) is 60.6 Å². The van der Waals surface area contributed by atoms with Gasteiger partial charge in [-0.05, 0) is 48.3 Å². The third kappa shape index (κ3) is 4.75. The largest absolute Gasteiger partial charge is 0.404 e. The zero-order valence-electron chi connectivity index (χ0n) is 12.1. The first-order valence-corrected chi connectivity index (χ1v) is 7.41. The normalized spacial score (nSPS) is 12.0. The minimum absolute atomic E-state index is 0.0113. The average molecular weight is 328 g/mol. The Labute approximate surface area is 137 Å². The number of hydrogen-bond acceptors (Lipinski definition) is 6. The van der Waals surface area contributed by atoms with Gasteiger partial charge in [-0.1, -0.05) is 0 Å². The molecule has 0 aliphatic carbocycles. The number of amides is 1. The highest BCUT2D eigenvalue weighted by Crippen LogP contribution is 2.23. The number of primary amides is 1. The molecule has 2 aromatic rings. The summed E-state index contributed by atoms with van der Waals surface area (Å²) in [5.41, 5.74) is 17.7. The fourth-order valence-corrected chi connectivity index (χ4v) is 2.26. The molecule has 23 heavy (non-hydrogen) atoms. The Morgan fingerprint density at radius 2 is 1.78 bits per heavy atom. The monoisotopic (exact) mass is 328 g/mol. The van der Waals surface area contributed by atoms with Crippen LogP contribution in [0.3, 0.4) is 0 Å². The number of nitrogens with one attached hydrogen (secondary N) is 1. The zero-order valence-corrected chi connectivity index (χ0v) is 13.0. The van der Waals surface area contributed by atoms with Crippen LogP contribution in [0.5, 0.6) is 0 Å². The summed E-state index contributed by atoms with van der Waals surface area (Å²) in [6.07, 6.45) is 4.47. The average Bonchev–Trinajstić information content (AvgIpc) is 2.55. The molecule has 0 saturated heterocycles. The van der Waals surface area contributed by atoms with E-state index in [4.69, 9.17) is 17.2 Å². The topological polar surface area (TPSA) is 132 Å². The number of aromatic nitrogens is 1. The van der Waals surface area contributed by atoms with Crippen molar-refractivity contribution >= 4 is 35.1 Å². The van der Waals surface area contributed by atoms with Crippen molar-refractivity contribution in [3.63, 3.8) is 0 Å². The molecule has 7 nitrogen and oxygen atoms in total. The Kier molecular flexibility index (Phi) is 5.59. The molecule has 0 unspecified atom stereocenters. The molecular weight excluding hydrogens is 312 g/mol. The highest BCUT2D eigenvalue weighted by atomic mass is 32.2. The summed E-state index contributed by atoms with van der Waals surface area (Å²) in [5.74, 6) is -0.738. The van der Waals surface area contributed by atoms with E-state index in [1.165, 1.54) is 11.9 Å². The van der Waals surface area contributed by atoms with Crippen LogP contribution in [-0.4, -0.2) is 16.7 Å². The summed E-state index contributed by atoms with van der Waals surface area (Å²) in [5, 5.41) is 0. The van der Waals surface area contributed by atoms with Gasteiger partial charge in [-0.15, -0.1) is 0 Å². The Balaban J connectivity index is 2.03. The van der Waals surface area contributed by atoms with E-state index in [-0.39, 0.29) is 11.4 Å². The minimum atomic E-state index is -0.720. The number of aliphatic imine (C=N–C) groups is 1. The van der Waals surface area contributed by atoms with E-state index in [2.05, 4.69) is 14.7 Å². The Morgan fingerprint density at radius 3 is 2.35 bits per heavy atom. The second-order valence-electron chi connectivity index (χ2n) is 4.38. The number of carbonyl (C=O) groups excluding carboxylic acids is 1. The molecular formula is C15H16N6OS. The number of amidine groups is 1. The standard InChI is InChI=1S/C15H16N6OS/c16-9-13(15(18)22)14(17)20-10-1-3-12(4-2-10)23-21-11-5-7-19-8-6-11/h1-9H,16H2,(H2,17,20)(H2,18,22)(H,19,21)/b13-9+. The lowest BCUT2D eigenvalue weighted by atomic mass is 10.2. The molecule has 1 amide bonds. The molecule has 0 atom stereocenters. The molecule has 118 valence electrons. The number of nitrogens with zero attached hydrogens (tertiary/aromatic N) is 2. The van der Waals surface area contributed by atoms with Gasteiger partial charge in [-0.25, -0.2) is 4.99 Å². The molecule has 8 heteroatoms. The summed E-state index contributed by atoms with van der Waals surface area (Å²) in [6.45, 7) is 0. The number of benzene rings is 1. The van der Waals surface area contributed by atoms with E-state index >= 15 is 0 Å². The van der Waals surface area contributed by atoms with E-state index in [9.17, 15) is 4.79 Å². The van der Waals surface area contributed by atoms with Crippen LogP contribution in [0.4, 0.5) is 11.4 Å². The maximum Gasteiger partial charge on any atom is 0.253 e. The lowest BCUT2D eigenvalue weighted by Crippen LogP contribution is -2.27. The van der Waals surface area contributed by atoms with Crippen molar-refractivity contribution < 1.29 is 4.79 Å². The molecule has 1 aromatic heterocycles. The molecule has 2 rings (SSSR count). The predicted molar refractivity (Wildman–Crippen MR) is 92.9 cm³/mol. The van der Waals surface area contributed by atoms with Crippen molar-refractivity contribution in [2.24, 2.45) is 22.2 Å². The van der Waals surface area contributed by atoms with Crippen LogP contribution in [0, 0.1) is 0 Å². The van der Waals surface area contributed by atoms with Crippen LogP contribution in [0.25, 0.3) is 0 Å². The van der Waals surface area contributed by atoms with Gasteiger partial charge < -0.3 is 21.9 Å². The van der Waals surface area contributed by atoms with Crippen LogP contribution in [0.1, 0.15) is 0 Å². The molecule has 0 aliphatic heterocycles. The number of nitrogens with two attached hydrogens (primary N) is 3. The molecule has 7 N–H and O–H groups in total. The molecule has 0 radical (unpaired) electrons. The fourth-order valence-electron chi connectivity index (χ4n) is 1.62. The highest BCUT2D eigenvalue weighted by molar-refractivity contribution is 8.00. The van der Waals surface area contributed by atoms with E-state index in [1.54, 1.807) is 24.5 Å². The smallest absolute Gasteiger partial charge is 0.253 e. The quantitative estimate of drug-likeness (QED) is 0.275. The molecule has 0 aliphatic rings. The van der Waals surface area contributed by atoms with Gasteiger partial charge >= 0.3 is 0 Å². The highest BCUT2D eigenvalue weighted by Gasteiger charge is 2.09. The first-order valence-electron chi connectivity index (χ1n) is 6.59. The van der Waals surface area contributed by atoms with E-state index in [0.717, 1.165) is 16.8 Å². The molecule has 0 saturated carbocycles. The van der Waals surface area contributed by atoms with Gasteiger partial charge in [0.25, 0.3) is 5.91 Å². The zero-order chi connectivity index (χ0) is 16.7. The Bertz CT molecular complexity index is 727. The maximum atomic E-state index is 11.1. The van der Waals surface area contributed by atoms with Gasteiger partial charge in [0.15, 0.2) is 0 Å². The third-order valence-corrected chi connectivity index (χ3v) is 3.61. The van der Waals surface area contributed by atoms with Crippen molar-refractivity contribution in [2.75, 3.05) is 4.72 Å². The van der Waals surface area contributed by atoms with Gasteiger partial charge in [-0.2, -0.15) is 0 Å². The Hall–Kier alpha value is -3.00. The van der Waals surface area contributed by atoms with Crippen molar-refractivity contribution in [2.45, 2.75) is 4.90 Å². The number of carbonyl (C=O) groups is 1. The first kappa shape index (κ1) is 16.4. The van der Waals surface area contributed by atoms with Crippen LogP contribution in [-0.2, 0) is 4.79 Å². The van der Waals surface area contributed by atoms with Gasteiger partial charge in [0.1, 0.15) is 5.84 Å². The predicted octanol–water partition coefficient (Wildman–Crippen LogP) is 1.52. The summed E-state index contributed by atoms with van der Waals surface area (Å²) < 4.78 is 3.19. The summed E-state index contributed by atoms with van der Waals surface area (Å²) >= 11 is 1.45. The van der Waals surface area contributed by atoms with Crippen LogP contribution in [0.2, 0.25) is 0 Å². The molecule has 0 fully saturated rings. The molecule has 1 heterocycles. The lowest BCUT2D eigenvalue weighted by Gasteiger charge is -2.05. The van der Waals surface area contributed by atoms with E-state index in [0.29, 0.717) is 5.69 Å². The number of rotatable bonds is 6. The fraction of sp³-hybridized carbons (Fsp3) is 0. The van der Waals surface area contributed by atoms with Crippen LogP contribution in [0.15, 0.2) is 70.5 Å². The van der Waals surface area contributed by atoms with E-state index < -0.39 is 5.91 Å². The third-order valence-electron chi connectivity index (χ3n) is 2.76. The van der Waals surface area contributed by atoms with Gasteiger partial charge in [0.2, 0.25) is 0 Å². The van der Waals surface area contributed by atoms with Gasteiger partial charge in [0, 0.05) is 29.2 Å². The summed E-state index contributed by atoms with van der Waals surface area (Å²) in [7, 11) is 0. The van der Waals surface area contributed by atoms with Gasteiger partial charge in [-0.3, -0.25) is 9.78 Å². The number of pyridine rings is 1. The molecule has 0 spiro atoms. The second kappa shape index (κ2) is 7.85. The molecule has 1 aromatic carbocycles. The Morgan fingerprint density at radius 1 is 1.13 bits per heavy atom. The van der Waals surface area contributed by atoms with Crippen molar-refractivity contribution in [1.82, 2.24) is 4.98 Å². The van der Waals surface area contributed by atoms with Gasteiger partial charge in [0.05, 0.1) is 11.3 Å². The number of anilines is 1. The summed E-state index contributed by atoms with van der Waals surface area (Å²) in [6, 6.07) is 11.0. The SMILES string of the molecule is N/C=C(/C(N)=O)C(N)=Nc1ccc(SNc2ccncc2)cc1. The number of hydrogen-bond donors (Lipinski definition) is 4. The first-order chi connectivity index (χ1) is 11.1. The minimum Gasteiger partial charge on any atom is -0.404 e. The van der Waals surface area contributed by atoms with Crippen molar-refractivity contribution in [3.8, 4) is 0 Å². The summed E-state index contributed by atoms with van der Waals surface area (Å²) in [4.78, 5) is 20.2. The van der Waals surface area contributed by atoms with Crippen molar-refractivity contribution in [1.29, 1.82) is 0 Å². The molecule has 0 bridgehead atoms. The maximum absolute atomic E-state index is 11.1. The van der Waals surface area contributed by atoms with E-state index in [1.807, 2.05) is 24.3 Å². The van der Waals surface area contributed by atoms with Crippen LogP contribution >= 0.6 is 11.9 Å². The van der Waals surface area contributed by atoms with Crippen LogP contribution < -0.4 is 21.9 Å². The lowest BCUT2D eigenvalue weighted by molar-refractivity contribution is -0.114. The second-order valence-corrected chi connectivity index (χ2v) is 5.26.